The van der Waals surface area contributed by atoms with Gasteiger partial charge in [0, 0.05) is 5.75 Å². The first-order chi connectivity index (χ1) is 3.72. The van der Waals surface area contributed by atoms with E-state index in [1.54, 1.807) is 0 Å². The summed E-state index contributed by atoms with van der Waals surface area (Å²) in [5, 5.41) is 0. The van der Waals surface area contributed by atoms with Crippen LogP contribution in [0.25, 0.3) is 0 Å². The van der Waals surface area contributed by atoms with Gasteiger partial charge >= 0.3 is 5.97 Å². The monoisotopic (exact) mass is 173 g/mol. The maximum Gasteiger partial charge on any atom is 0.342 e. The van der Waals surface area contributed by atoms with Crippen LogP contribution >= 0.6 is 24.5 Å². The molecule has 0 aliphatic carbocycles. The van der Waals surface area contributed by atoms with E-state index in [1.165, 1.54) is 0 Å². The molecule has 1 atom stereocenters. The summed E-state index contributed by atoms with van der Waals surface area (Å²) >= 11 is 8.39. The van der Waals surface area contributed by atoms with Gasteiger partial charge in [-0.05, 0) is 0 Å². The molecule has 0 aromatic rings. The molecule has 0 aliphatic rings. The van der Waals surface area contributed by atoms with Crippen LogP contribution in [0.4, 0.5) is 0 Å². The molecular formula is C3H8ClNO3S. The summed E-state index contributed by atoms with van der Waals surface area (Å²) in [5.74, 6) is -0.410. The van der Waals surface area contributed by atoms with Gasteiger partial charge in [-0.1, -0.05) is 0 Å². The zero-order chi connectivity index (χ0) is 6.57. The van der Waals surface area contributed by atoms with Crippen molar-refractivity contribution >= 4 is 30.5 Å². The van der Waals surface area contributed by atoms with Gasteiger partial charge in [0.2, 0.25) is 0 Å². The second-order valence-electron chi connectivity index (χ2n) is 1.19. The molecule has 0 heterocycles. The number of hydrogen-bond donors (Lipinski definition) is 2. The molecule has 0 fully saturated rings. The van der Waals surface area contributed by atoms with Crippen molar-refractivity contribution < 1.29 is 14.6 Å². The van der Waals surface area contributed by atoms with Gasteiger partial charge in [0.1, 0.15) is 17.9 Å². The fraction of sp³-hybridized carbons (Fsp3) is 0.667. The van der Waals surface area contributed by atoms with Gasteiger partial charge in [-0.2, -0.15) is 12.6 Å². The van der Waals surface area contributed by atoms with E-state index in [0.717, 1.165) is 0 Å². The van der Waals surface area contributed by atoms with Crippen molar-refractivity contribution in [1.29, 1.82) is 0 Å². The third-order valence-corrected chi connectivity index (χ3v) is 1.12. The Hall–Kier alpha value is 0.0300. The molecule has 0 rings (SSSR count). The Balaban J connectivity index is 0. The second kappa shape index (κ2) is 6.15. The first-order valence-electron chi connectivity index (χ1n) is 1.91. The van der Waals surface area contributed by atoms with Crippen LogP contribution in [0, 0.1) is 0 Å². The largest absolute Gasteiger partial charge is 0.412 e. The normalized spacial score (nSPS) is 11.4. The quantitative estimate of drug-likeness (QED) is 0.532. The van der Waals surface area contributed by atoms with Crippen molar-refractivity contribution in [3.05, 3.63) is 0 Å². The number of nitrogens with two attached hydrogens (primary N) is 1. The van der Waals surface area contributed by atoms with E-state index in [9.17, 15) is 4.79 Å². The minimum atomic E-state index is -0.712. The molecule has 4 nitrogen and oxygen atoms in total. The van der Waals surface area contributed by atoms with Crippen LogP contribution < -0.4 is 5.73 Å². The number of halogens is 1. The summed E-state index contributed by atoms with van der Waals surface area (Å²) < 4.78 is 3.76. The summed E-state index contributed by atoms with van der Waals surface area (Å²) in [4.78, 5) is 10.2. The third kappa shape index (κ3) is 4.53. The number of carbonyl (C=O) groups excluding carboxylic acids is 1. The maximum absolute atomic E-state index is 10.2. The Kier molecular flexibility index (Phi) is 8.06. The molecule has 0 aromatic heterocycles. The maximum atomic E-state index is 10.2. The molecule has 0 saturated heterocycles. The lowest BCUT2D eigenvalue weighted by atomic mass is 10.4. The summed E-state index contributed by atoms with van der Waals surface area (Å²) in [7, 11) is 0. The molecule has 0 spiro atoms. The predicted molar refractivity (Wildman–Crippen MR) is 37.4 cm³/mol. The zero-order valence-electron chi connectivity index (χ0n) is 4.50. The Morgan fingerprint density at radius 1 is 1.89 bits per heavy atom. The van der Waals surface area contributed by atoms with Crippen molar-refractivity contribution in [3.8, 4) is 0 Å². The second-order valence-corrected chi connectivity index (χ2v) is 1.70. The van der Waals surface area contributed by atoms with Crippen LogP contribution in [-0.2, 0) is 9.08 Å². The van der Waals surface area contributed by atoms with E-state index < -0.39 is 12.0 Å². The summed E-state index contributed by atoms with van der Waals surface area (Å²) in [6, 6.07) is -0.712. The lowest BCUT2D eigenvalue weighted by Crippen LogP contribution is -2.32. The summed E-state index contributed by atoms with van der Waals surface area (Å²) in [5.41, 5.74) is 5.09. The van der Waals surface area contributed by atoms with Gasteiger partial charge in [-0.3, -0.25) is 0 Å². The summed E-state index contributed by atoms with van der Waals surface area (Å²) in [6.07, 6.45) is 0. The molecule has 0 saturated carbocycles. The zero-order valence-corrected chi connectivity index (χ0v) is 6.15. The molecule has 0 unspecified atom stereocenters. The molecule has 4 N–H and O–H groups in total. The molecule has 0 aromatic carbocycles. The highest BCUT2D eigenvalue weighted by molar-refractivity contribution is 7.80. The van der Waals surface area contributed by atoms with Crippen LogP contribution in [0.5, 0.6) is 0 Å². The van der Waals surface area contributed by atoms with Gasteiger partial charge < -0.3 is 15.5 Å². The van der Waals surface area contributed by atoms with Gasteiger partial charge in [-0.15, -0.1) is 0 Å². The van der Waals surface area contributed by atoms with Crippen molar-refractivity contribution in [3.63, 3.8) is 0 Å². The molecule has 56 valence electrons. The average Bonchev–Trinajstić information content (AvgIpc) is 1.84. The van der Waals surface area contributed by atoms with Crippen molar-refractivity contribution in [2.75, 3.05) is 5.75 Å². The number of thiol groups is 1. The predicted octanol–water partition coefficient (Wildman–Crippen LogP) is -0.884. The van der Waals surface area contributed by atoms with Crippen molar-refractivity contribution in [2.24, 2.45) is 5.73 Å². The Morgan fingerprint density at radius 2 is 2.33 bits per heavy atom. The van der Waals surface area contributed by atoms with Crippen LogP contribution in [0.3, 0.4) is 0 Å². The van der Waals surface area contributed by atoms with Crippen LogP contribution in [0.1, 0.15) is 0 Å². The fourth-order valence-corrected chi connectivity index (χ4v) is 0.395. The highest BCUT2D eigenvalue weighted by Gasteiger charge is 2.11. The van der Waals surface area contributed by atoms with E-state index in [1.807, 2.05) is 0 Å². The lowest BCUT2D eigenvalue weighted by molar-refractivity contribution is -0.134. The van der Waals surface area contributed by atoms with E-state index in [2.05, 4.69) is 28.8 Å². The first-order valence-corrected chi connectivity index (χ1v) is 2.85. The average molecular weight is 174 g/mol. The number of rotatable bonds is 2. The Labute approximate surface area is 63.2 Å². The standard InChI is InChI=1S/C3H6ClNO2S.H2O/c4-7-3(6)2(5)1-8;/h2,8H,1,5H2;1H2/t2-;/m0./s1. The molecule has 0 bridgehead atoms. The van der Waals surface area contributed by atoms with E-state index in [4.69, 9.17) is 5.73 Å². The summed E-state index contributed by atoms with van der Waals surface area (Å²) in [6.45, 7) is 0. The minimum Gasteiger partial charge on any atom is -0.412 e. The molecule has 0 amide bonds. The highest BCUT2D eigenvalue weighted by Crippen LogP contribution is 1.89. The molecule has 0 aliphatic heterocycles. The van der Waals surface area contributed by atoms with Gasteiger partial charge in [0.05, 0.1) is 0 Å². The van der Waals surface area contributed by atoms with E-state index in [0.29, 0.717) is 0 Å². The topological polar surface area (TPSA) is 83.8 Å². The number of hydrogen-bond acceptors (Lipinski definition) is 4. The molecule has 6 heteroatoms. The van der Waals surface area contributed by atoms with Crippen LogP contribution in [0.2, 0.25) is 0 Å². The lowest BCUT2D eigenvalue weighted by Gasteiger charge is -1.99. The van der Waals surface area contributed by atoms with Gasteiger partial charge in [0.25, 0.3) is 0 Å². The van der Waals surface area contributed by atoms with E-state index in [-0.39, 0.29) is 11.2 Å². The molecule has 9 heavy (non-hydrogen) atoms. The Bertz CT molecular complexity index is 91.1. The van der Waals surface area contributed by atoms with Gasteiger partial charge in [0.15, 0.2) is 0 Å². The van der Waals surface area contributed by atoms with Crippen molar-refractivity contribution in [2.45, 2.75) is 6.04 Å². The van der Waals surface area contributed by atoms with Crippen LogP contribution in [0.15, 0.2) is 0 Å². The molecular weight excluding hydrogens is 166 g/mol. The SMILES string of the molecule is N[C@@H](CS)C(=O)OCl.O. The smallest absolute Gasteiger partial charge is 0.342 e. The third-order valence-electron chi connectivity index (χ3n) is 0.575. The van der Waals surface area contributed by atoms with E-state index >= 15 is 0 Å². The Morgan fingerprint density at radius 3 is 2.44 bits per heavy atom. The molecule has 0 radical (unpaired) electrons. The van der Waals surface area contributed by atoms with Crippen LogP contribution in [-0.4, -0.2) is 23.2 Å². The van der Waals surface area contributed by atoms with Gasteiger partial charge in [-0.25, -0.2) is 4.79 Å². The highest BCUT2D eigenvalue weighted by atomic mass is 35.5. The first kappa shape index (κ1) is 11.8. The minimum absolute atomic E-state index is 0. The van der Waals surface area contributed by atoms with Crippen molar-refractivity contribution in [1.82, 2.24) is 0 Å². The number of carbonyl (C=O) groups is 1. The fourth-order valence-electron chi connectivity index (χ4n) is 0.132.